The zero-order chi connectivity index (χ0) is 22.4. The number of nitrogens with zero attached hydrogens (tertiary/aromatic N) is 1. The Morgan fingerprint density at radius 2 is 1.94 bits per heavy atom. The fourth-order valence-electron chi connectivity index (χ4n) is 4.53. The first-order valence-electron chi connectivity index (χ1n) is 11.1. The summed E-state index contributed by atoms with van der Waals surface area (Å²) in [6, 6.07) is 18.1. The van der Waals surface area contributed by atoms with E-state index >= 15 is 0 Å². The fourth-order valence-corrected chi connectivity index (χ4v) is 4.53. The van der Waals surface area contributed by atoms with Gasteiger partial charge in [0.05, 0.1) is 17.7 Å². The lowest BCUT2D eigenvalue weighted by Crippen LogP contribution is -2.51. The van der Waals surface area contributed by atoms with Gasteiger partial charge in [-0.05, 0) is 73.3 Å². The van der Waals surface area contributed by atoms with Gasteiger partial charge < -0.3 is 21.7 Å². The summed E-state index contributed by atoms with van der Waals surface area (Å²) in [7, 11) is 0. The van der Waals surface area contributed by atoms with Crippen molar-refractivity contribution >= 4 is 6.03 Å². The topological polar surface area (TPSA) is 103 Å². The Morgan fingerprint density at radius 3 is 2.66 bits per heavy atom. The lowest BCUT2D eigenvalue weighted by molar-refractivity contribution is 0.229. The first kappa shape index (κ1) is 21.7. The number of piperidine rings is 1. The SMILES string of the molecule is N#Cc1cccc(-c2ccc(C3(CNC(=O)NC4C=C(N)C=CC4)CCNCC3)cc2)c1. The van der Waals surface area contributed by atoms with Crippen LogP contribution in [0.5, 0.6) is 0 Å². The van der Waals surface area contributed by atoms with Crippen molar-refractivity contribution in [2.45, 2.75) is 30.7 Å². The van der Waals surface area contributed by atoms with Gasteiger partial charge in [0.25, 0.3) is 0 Å². The number of amides is 2. The van der Waals surface area contributed by atoms with Crippen molar-refractivity contribution in [3.05, 3.63) is 83.6 Å². The fraction of sp³-hybridized carbons (Fsp3) is 0.308. The van der Waals surface area contributed by atoms with Crippen LogP contribution >= 0.6 is 0 Å². The Morgan fingerprint density at radius 1 is 1.16 bits per heavy atom. The molecular weight excluding hydrogens is 398 g/mol. The van der Waals surface area contributed by atoms with Crippen molar-refractivity contribution in [3.8, 4) is 17.2 Å². The smallest absolute Gasteiger partial charge is 0.315 e. The number of benzene rings is 2. The van der Waals surface area contributed by atoms with Crippen LogP contribution in [-0.2, 0) is 5.41 Å². The van der Waals surface area contributed by atoms with Crippen molar-refractivity contribution in [3.63, 3.8) is 0 Å². The molecule has 1 aliphatic carbocycles. The van der Waals surface area contributed by atoms with Gasteiger partial charge in [-0.15, -0.1) is 0 Å². The zero-order valence-electron chi connectivity index (χ0n) is 18.1. The van der Waals surface area contributed by atoms with E-state index in [9.17, 15) is 4.79 Å². The predicted molar refractivity (Wildman–Crippen MR) is 127 cm³/mol. The first-order chi connectivity index (χ1) is 15.6. The lowest BCUT2D eigenvalue weighted by atomic mass is 9.73. The third-order valence-electron chi connectivity index (χ3n) is 6.38. The van der Waals surface area contributed by atoms with Gasteiger partial charge in [-0.1, -0.05) is 42.5 Å². The Labute approximate surface area is 189 Å². The molecule has 6 heteroatoms. The van der Waals surface area contributed by atoms with Gasteiger partial charge in [0.2, 0.25) is 0 Å². The van der Waals surface area contributed by atoms with Gasteiger partial charge in [-0.25, -0.2) is 4.79 Å². The van der Waals surface area contributed by atoms with Crippen LogP contribution in [0.1, 0.15) is 30.4 Å². The second-order valence-electron chi connectivity index (χ2n) is 8.54. The molecule has 4 rings (SSSR count). The Balaban J connectivity index is 1.47. The van der Waals surface area contributed by atoms with Crippen LogP contribution in [0.3, 0.4) is 0 Å². The van der Waals surface area contributed by atoms with Crippen LogP contribution in [0.4, 0.5) is 4.79 Å². The van der Waals surface area contributed by atoms with E-state index in [-0.39, 0.29) is 17.5 Å². The second kappa shape index (κ2) is 9.71. The van der Waals surface area contributed by atoms with Crippen LogP contribution in [0, 0.1) is 11.3 Å². The summed E-state index contributed by atoms with van der Waals surface area (Å²) in [5, 5.41) is 18.7. The lowest BCUT2D eigenvalue weighted by Gasteiger charge is -2.38. The number of rotatable bonds is 5. The molecule has 2 aliphatic rings. The van der Waals surface area contributed by atoms with Crippen LogP contribution in [-0.4, -0.2) is 31.7 Å². The Bertz CT molecular complexity index is 1060. The number of allylic oxidation sites excluding steroid dienone is 1. The highest BCUT2D eigenvalue weighted by Gasteiger charge is 2.34. The molecule has 1 aliphatic heterocycles. The minimum Gasteiger partial charge on any atom is -0.399 e. The highest BCUT2D eigenvalue weighted by Crippen LogP contribution is 2.34. The number of urea groups is 1. The van der Waals surface area contributed by atoms with Crippen LogP contribution < -0.4 is 21.7 Å². The molecule has 164 valence electrons. The maximum Gasteiger partial charge on any atom is 0.315 e. The molecule has 0 radical (unpaired) electrons. The predicted octanol–water partition coefficient (Wildman–Crippen LogP) is 3.32. The quantitative estimate of drug-likeness (QED) is 0.588. The maximum absolute atomic E-state index is 12.6. The average Bonchev–Trinajstić information content (AvgIpc) is 2.83. The zero-order valence-corrected chi connectivity index (χ0v) is 18.1. The molecule has 1 fully saturated rings. The number of nitriles is 1. The third kappa shape index (κ3) is 5.01. The van der Waals surface area contributed by atoms with E-state index in [1.807, 2.05) is 42.5 Å². The average molecular weight is 428 g/mol. The van der Waals surface area contributed by atoms with E-state index in [1.54, 1.807) is 0 Å². The van der Waals surface area contributed by atoms with E-state index in [1.165, 1.54) is 5.56 Å². The molecule has 1 atom stereocenters. The Kier molecular flexibility index (Phi) is 6.58. The maximum atomic E-state index is 12.6. The first-order valence-corrected chi connectivity index (χ1v) is 11.1. The number of carbonyl (C=O) groups excluding carboxylic acids is 1. The highest BCUT2D eigenvalue weighted by molar-refractivity contribution is 5.75. The molecule has 0 saturated carbocycles. The van der Waals surface area contributed by atoms with Crippen molar-refractivity contribution < 1.29 is 4.79 Å². The summed E-state index contributed by atoms with van der Waals surface area (Å²) in [6.07, 6.45) is 8.37. The monoisotopic (exact) mass is 427 g/mol. The van der Waals surface area contributed by atoms with Gasteiger partial charge in [0, 0.05) is 17.7 Å². The molecule has 0 spiro atoms. The molecule has 2 aromatic rings. The third-order valence-corrected chi connectivity index (χ3v) is 6.38. The van der Waals surface area contributed by atoms with Crippen molar-refractivity contribution in [1.29, 1.82) is 5.26 Å². The summed E-state index contributed by atoms with van der Waals surface area (Å²) in [5.74, 6) is 0. The summed E-state index contributed by atoms with van der Waals surface area (Å²) >= 11 is 0. The molecule has 32 heavy (non-hydrogen) atoms. The van der Waals surface area contributed by atoms with E-state index in [2.05, 4.69) is 46.3 Å². The minimum atomic E-state index is -0.169. The number of hydrogen-bond acceptors (Lipinski definition) is 4. The molecule has 0 aromatic heterocycles. The molecule has 0 bridgehead atoms. The van der Waals surface area contributed by atoms with Gasteiger partial charge in [-0.3, -0.25) is 0 Å². The van der Waals surface area contributed by atoms with Crippen molar-refractivity contribution in [1.82, 2.24) is 16.0 Å². The second-order valence-corrected chi connectivity index (χ2v) is 8.54. The van der Waals surface area contributed by atoms with E-state index in [4.69, 9.17) is 11.0 Å². The summed E-state index contributed by atoms with van der Waals surface area (Å²) in [4.78, 5) is 12.6. The van der Waals surface area contributed by atoms with Crippen molar-refractivity contribution in [2.24, 2.45) is 5.73 Å². The van der Waals surface area contributed by atoms with Crippen molar-refractivity contribution in [2.75, 3.05) is 19.6 Å². The van der Waals surface area contributed by atoms with Crippen LogP contribution in [0.25, 0.3) is 11.1 Å². The number of nitrogens with two attached hydrogens (primary N) is 1. The summed E-state index contributed by atoms with van der Waals surface area (Å²) in [5.41, 5.74) is 10.4. The van der Waals surface area contributed by atoms with Gasteiger partial charge in [-0.2, -0.15) is 5.26 Å². The van der Waals surface area contributed by atoms with Gasteiger partial charge in [0.1, 0.15) is 0 Å². The molecular formula is C26H29N5O. The van der Waals surface area contributed by atoms with E-state index in [0.29, 0.717) is 17.8 Å². The number of carbonyl (C=O) groups is 1. The molecule has 1 heterocycles. The molecule has 1 unspecified atom stereocenters. The van der Waals surface area contributed by atoms with Crippen LogP contribution in [0.2, 0.25) is 0 Å². The Hall–Kier alpha value is -3.56. The molecule has 6 nitrogen and oxygen atoms in total. The van der Waals surface area contributed by atoms with Crippen LogP contribution in [0.15, 0.2) is 72.5 Å². The minimum absolute atomic E-state index is 0.0765. The molecule has 1 saturated heterocycles. The normalized spacial score (nSPS) is 19.5. The van der Waals surface area contributed by atoms with Gasteiger partial charge >= 0.3 is 6.03 Å². The summed E-state index contributed by atoms with van der Waals surface area (Å²) in [6.45, 7) is 2.41. The number of nitrogens with one attached hydrogen (secondary N) is 3. The van der Waals surface area contributed by atoms with E-state index < -0.39 is 0 Å². The number of hydrogen-bond donors (Lipinski definition) is 4. The van der Waals surface area contributed by atoms with Gasteiger partial charge in [0.15, 0.2) is 0 Å². The standard InChI is InChI=1S/C26H29N5O/c27-17-19-3-1-4-21(15-19)20-7-9-22(10-8-20)26(11-13-29-14-12-26)18-30-25(32)31-24-6-2-5-23(28)16-24/h1-5,7-10,15-16,24,29H,6,11-14,18,28H2,(H2,30,31,32). The summed E-state index contributed by atoms with van der Waals surface area (Å²) < 4.78 is 0. The van der Waals surface area contributed by atoms with E-state index in [0.717, 1.165) is 43.5 Å². The largest absolute Gasteiger partial charge is 0.399 e. The molecule has 2 aromatic carbocycles. The molecule has 2 amide bonds. The highest BCUT2D eigenvalue weighted by atomic mass is 16.2. The molecule has 5 N–H and O–H groups in total.